The highest BCUT2D eigenvalue weighted by atomic mass is 79.9. The Labute approximate surface area is 104 Å². The summed E-state index contributed by atoms with van der Waals surface area (Å²) in [6.45, 7) is 0. The molecule has 0 aliphatic carbocycles. The van der Waals surface area contributed by atoms with E-state index in [-0.39, 0.29) is 17.0 Å². The third kappa shape index (κ3) is 1.65. The largest absolute Gasteiger partial charge is 0.320 e. The molecule has 0 fully saturated rings. The fraction of sp³-hybridized carbons (Fsp3) is 0.0833. The first-order valence-electron chi connectivity index (χ1n) is 4.90. The van der Waals surface area contributed by atoms with Crippen LogP contribution in [0.5, 0.6) is 0 Å². The van der Waals surface area contributed by atoms with E-state index in [4.69, 9.17) is 0 Å². The minimum Gasteiger partial charge on any atom is -0.320 e. The van der Waals surface area contributed by atoms with Gasteiger partial charge in [-0.15, -0.1) is 17.0 Å². The molecule has 0 spiro atoms. The second kappa shape index (κ2) is 4.14. The van der Waals surface area contributed by atoms with Crippen molar-refractivity contribution in [3.05, 3.63) is 48.9 Å². The van der Waals surface area contributed by atoms with E-state index in [2.05, 4.69) is 17.1 Å². The minimum absolute atomic E-state index is 0. The van der Waals surface area contributed by atoms with E-state index in [9.17, 15) is 0 Å². The van der Waals surface area contributed by atoms with E-state index >= 15 is 0 Å². The van der Waals surface area contributed by atoms with Crippen LogP contribution in [-0.2, 0) is 7.05 Å². The number of nitrogens with zero attached hydrogens (tertiary/aromatic N) is 3. The molecule has 0 saturated heterocycles. The molecule has 3 nitrogen and oxygen atoms in total. The number of fused-ring (bicyclic) bond motifs is 1. The molecule has 3 aromatic rings. The molecule has 16 heavy (non-hydrogen) atoms. The number of halogens is 1. The van der Waals surface area contributed by atoms with Crippen molar-refractivity contribution in [2.45, 2.75) is 0 Å². The quantitative estimate of drug-likeness (QED) is 0.671. The summed E-state index contributed by atoms with van der Waals surface area (Å²) in [7, 11) is 2.00. The fourth-order valence-electron chi connectivity index (χ4n) is 1.74. The van der Waals surface area contributed by atoms with Crippen molar-refractivity contribution in [2.24, 2.45) is 7.05 Å². The molecule has 0 atom stereocenters. The van der Waals surface area contributed by atoms with Gasteiger partial charge in [-0.3, -0.25) is 4.40 Å². The smallest absolute Gasteiger partial charge is 0.214 e. The number of aromatic nitrogens is 3. The Bertz CT molecular complexity index is 595. The molecule has 2 heterocycles. The predicted molar refractivity (Wildman–Crippen MR) is 69.9 cm³/mol. The van der Waals surface area contributed by atoms with Crippen LogP contribution in [0.4, 0.5) is 0 Å². The summed E-state index contributed by atoms with van der Waals surface area (Å²) in [5.41, 5.74) is 2.17. The molecule has 3 rings (SSSR count). The average molecular weight is 278 g/mol. The highest BCUT2D eigenvalue weighted by Crippen LogP contribution is 2.18. The Hall–Kier alpha value is -1.55. The molecule has 0 unspecified atom stereocenters. The lowest BCUT2D eigenvalue weighted by atomic mass is 10.2. The van der Waals surface area contributed by atoms with Gasteiger partial charge >= 0.3 is 0 Å². The van der Waals surface area contributed by atoms with E-state index < -0.39 is 0 Å². The van der Waals surface area contributed by atoms with Gasteiger partial charge in [0, 0.05) is 31.2 Å². The molecule has 4 heteroatoms. The third-order valence-electron chi connectivity index (χ3n) is 2.55. The highest BCUT2D eigenvalue weighted by molar-refractivity contribution is 8.93. The zero-order valence-electron chi connectivity index (χ0n) is 8.87. The number of hydrogen-bond donors (Lipinski definition) is 0. The number of aryl methyl sites for hydroxylation is 1. The first-order valence-corrected chi connectivity index (χ1v) is 4.90. The van der Waals surface area contributed by atoms with Crippen LogP contribution in [0.25, 0.3) is 17.0 Å². The summed E-state index contributed by atoms with van der Waals surface area (Å²) in [5.74, 6) is 0.967. The van der Waals surface area contributed by atoms with Crippen LogP contribution in [0.3, 0.4) is 0 Å². The number of benzene rings is 1. The standard InChI is InChI=1S/C12H11N3.BrH/c1-14-7-8-15-9-11(13-12(14)15)10-5-3-2-4-6-10;/h2-9H,1H3;1H. The van der Waals surface area contributed by atoms with Crippen molar-refractivity contribution in [1.29, 1.82) is 0 Å². The van der Waals surface area contributed by atoms with Gasteiger partial charge in [0.05, 0.1) is 5.69 Å². The third-order valence-corrected chi connectivity index (χ3v) is 2.55. The van der Waals surface area contributed by atoms with Crippen molar-refractivity contribution in [1.82, 2.24) is 14.0 Å². The topological polar surface area (TPSA) is 22.2 Å². The van der Waals surface area contributed by atoms with Crippen molar-refractivity contribution in [3.8, 4) is 11.3 Å². The number of hydrogen-bond acceptors (Lipinski definition) is 1. The monoisotopic (exact) mass is 277 g/mol. The Kier molecular flexibility index (Phi) is 2.83. The van der Waals surface area contributed by atoms with Crippen LogP contribution in [0, 0.1) is 0 Å². The highest BCUT2D eigenvalue weighted by Gasteiger charge is 2.05. The number of rotatable bonds is 1. The van der Waals surface area contributed by atoms with Crippen molar-refractivity contribution >= 4 is 22.8 Å². The number of imidazole rings is 2. The summed E-state index contributed by atoms with van der Waals surface area (Å²) < 4.78 is 4.04. The Balaban J connectivity index is 0.000000963. The van der Waals surface area contributed by atoms with Crippen LogP contribution in [0.15, 0.2) is 48.9 Å². The van der Waals surface area contributed by atoms with Crippen molar-refractivity contribution in [3.63, 3.8) is 0 Å². The van der Waals surface area contributed by atoms with E-state index in [1.165, 1.54) is 0 Å². The molecule has 0 N–H and O–H groups in total. The van der Waals surface area contributed by atoms with Crippen LogP contribution in [0.1, 0.15) is 0 Å². The normalized spacial score (nSPS) is 10.3. The van der Waals surface area contributed by atoms with E-state index in [1.807, 2.05) is 52.8 Å². The molecule has 2 aromatic heterocycles. The Morgan fingerprint density at radius 1 is 1.06 bits per heavy atom. The molecule has 0 amide bonds. The Morgan fingerprint density at radius 3 is 2.50 bits per heavy atom. The van der Waals surface area contributed by atoms with Gasteiger partial charge in [-0.25, -0.2) is 4.98 Å². The van der Waals surface area contributed by atoms with E-state index in [0.717, 1.165) is 17.0 Å². The van der Waals surface area contributed by atoms with Crippen LogP contribution in [-0.4, -0.2) is 14.0 Å². The molecule has 0 radical (unpaired) electrons. The van der Waals surface area contributed by atoms with Gasteiger partial charge < -0.3 is 4.57 Å². The average Bonchev–Trinajstić information content (AvgIpc) is 2.83. The van der Waals surface area contributed by atoms with Crippen molar-refractivity contribution in [2.75, 3.05) is 0 Å². The maximum Gasteiger partial charge on any atom is 0.214 e. The molecule has 1 aromatic carbocycles. The molecular weight excluding hydrogens is 266 g/mol. The fourth-order valence-corrected chi connectivity index (χ4v) is 1.74. The van der Waals surface area contributed by atoms with Gasteiger partial charge in [-0.1, -0.05) is 30.3 Å². The van der Waals surface area contributed by atoms with E-state index in [1.54, 1.807) is 0 Å². The summed E-state index contributed by atoms with van der Waals surface area (Å²) in [4.78, 5) is 4.57. The van der Waals surface area contributed by atoms with E-state index in [0.29, 0.717) is 0 Å². The van der Waals surface area contributed by atoms with Crippen LogP contribution >= 0.6 is 17.0 Å². The van der Waals surface area contributed by atoms with Gasteiger partial charge in [0.2, 0.25) is 5.78 Å². The SMILES string of the molecule is Br.Cn1ccn2cc(-c3ccccc3)nc12. The van der Waals surface area contributed by atoms with Crippen LogP contribution < -0.4 is 0 Å². The zero-order valence-corrected chi connectivity index (χ0v) is 10.6. The maximum absolute atomic E-state index is 4.57. The molecular formula is C12H12BrN3. The lowest BCUT2D eigenvalue weighted by Crippen LogP contribution is -1.86. The zero-order chi connectivity index (χ0) is 10.3. The Morgan fingerprint density at radius 2 is 1.81 bits per heavy atom. The first kappa shape index (κ1) is 11.0. The predicted octanol–water partition coefficient (Wildman–Crippen LogP) is 2.92. The van der Waals surface area contributed by atoms with Gasteiger partial charge in [0.15, 0.2) is 0 Å². The molecule has 0 aliphatic rings. The molecule has 0 bridgehead atoms. The van der Waals surface area contributed by atoms with Gasteiger partial charge in [-0.2, -0.15) is 0 Å². The van der Waals surface area contributed by atoms with Crippen molar-refractivity contribution < 1.29 is 0 Å². The minimum atomic E-state index is 0. The second-order valence-electron chi connectivity index (χ2n) is 3.61. The summed E-state index contributed by atoms with van der Waals surface area (Å²) >= 11 is 0. The lowest BCUT2D eigenvalue weighted by molar-refractivity contribution is 0.938. The lowest BCUT2D eigenvalue weighted by Gasteiger charge is -1.93. The summed E-state index contributed by atoms with van der Waals surface area (Å²) in [6, 6.07) is 10.2. The van der Waals surface area contributed by atoms with Gasteiger partial charge in [0.25, 0.3) is 0 Å². The maximum atomic E-state index is 4.57. The van der Waals surface area contributed by atoms with Crippen LogP contribution in [0.2, 0.25) is 0 Å². The summed E-state index contributed by atoms with van der Waals surface area (Å²) in [5, 5.41) is 0. The molecule has 0 saturated carbocycles. The van der Waals surface area contributed by atoms with Gasteiger partial charge in [0.1, 0.15) is 0 Å². The molecule has 82 valence electrons. The first-order chi connectivity index (χ1) is 7.34. The summed E-state index contributed by atoms with van der Waals surface area (Å²) in [6.07, 6.45) is 6.05. The second-order valence-corrected chi connectivity index (χ2v) is 3.61. The van der Waals surface area contributed by atoms with Gasteiger partial charge in [-0.05, 0) is 0 Å². The molecule has 0 aliphatic heterocycles.